The lowest BCUT2D eigenvalue weighted by Gasteiger charge is -2.07. The summed E-state index contributed by atoms with van der Waals surface area (Å²) in [4.78, 5) is 4.02. The Morgan fingerprint density at radius 2 is 1.81 bits per heavy atom. The molecule has 1 aromatic heterocycles. The number of hydrogen-bond donors (Lipinski definition) is 1. The number of thiazole rings is 1. The first-order chi connectivity index (χ1) is 12.8. The zero-order valence-electron chi connectivity index (χ0n) is 14.2. The van der Waals surface area contributed by atoms with Gasteiger partial charge < -0.3 is 9.47 Å². The lowest BCUT2D eigenvalue weighted by molar-refractivity contribution is 0.385. The number of nitrogens with one attached hydrogen (secondary N) is 1. The van der Waals surface area contributed by atoms with Crippen molar-refractivity contribution in [2.24, 2.45) is 0 Å². The summed E-state index contributed by atoms with van der Waals surface area (Å²) < 4.78 is 50.9. The molecule has 0 spiro atoms. The average Bonchev–Trinajstić information content (AvgIpc) is 3.09. The summed E-state index contributed by atoms with van der Waals surface area (Å²) in [6.45, 7) is 0. The summed E-state index contributed by atoms with van der Waals surface area (Å²) in [5, 5.41) is 2.25. The Hall–Kier alpha value is -2.36. The highest BCUT2D eigenvalue weighted by molar-refractivity contribution is 7.93. The van der Waals surface area contributed by atoms with E-state index in [0.29, 0.717) is 22.0 Å². The first-order valence-corrected chi connectivity index (χ1v) is 10.2. The standard InChI is InChI=1S/C17H14ClFN2O4S2/c1-24-15-5-3-10(7-12(15)18)14-9-26-17(20-14)21-27(22,23)11-4-6-16(25-2)13(19)8-11/h3-9H,1-2H3,(H,20,21). The molecule has 0 saturated heterocycles. The Bertz CT molecular complexity index is 1090. The molecule has 27 heavy (non-hydrogen) atoms. The lowest BCUT2D eigenvalue weighted by Crippen LogP contribution is -2.13. The predicted molar refractivity (Wildman–Crippen MR) is 103 cm³/mol. The number of hydrogen-bond acceptors (Lipinski definition) is 6. The van der Waals surface area contributed by atoms with Crippen LogP contribution in [0.1, 0.15) is 0 Å². The van der Waals surface area contributed by atoms with Crippen molar-refractivity contribution in [3.8, 4) is 22.8 Å². The Balaban J connectivity index is 1.84. The van der Waals surface area contributed by atoms with Crippen molar-refractivity contribution in [2.75, 3.05) is 18.9 Å². The first kappa shape index (κ1) is 19.4. The second kappa shape index (κ2) is 7.71. The van der Waals surface area contributed by atoms with Crippen LogP contribution in [-0.4, -0.2) is 27.6 Å². The minimum absolute atomic E-state index is 0.0399. The van der Waals surface area contributed by atoms with Crippen LogP contribution in [0.25, 0.3) is 11.3 Å². The zero-order chi connectivity index (χ0) is 19.6. The average molecular weight is 429 g/mol. The van der Waals surface area contributed by atoms with Gasteiger partial charge in [0.15, 0.2) is 16.7 Å². The molecule has 3 aromatic rings. The summed E-state index contributed by atoms with van der Waals surface area (Å²) >= 11 is 7.21. The van der Waals surface area contributed by atoms with Crippen LogP contribution < -0.4 is 14.2 Å². The predicted octanol–water partition coefficient (Wildman–Crippen LogP) is 4.42. The van der Waals surface area contributed by atoms with E-state index in [1.165, 1.54) is 26.4 Å². The number of halogens is 2. The number of aromatic nitrogens is 1. The second-order valence-corrected chi connectivity index (χ2v) is 8.24. The summed E-state index contributed by atoms with van der Waals surface area (Å²) in [5.74, 6) is -0.284. The van der Waals surface area contributed by atoms with Crippen molar-refractivity contribution in [3.05, 3.63) is 52.6 Å². The topological polar surface area (TPSA) is 77.5 Å². The van der Waals surface area contributed by atoms with E-state index < -0.39 is 15.8 Å². The molecular formula is C17H14ClFN2O4S2. The van der Waals surface area contributed by atoms with Gasteiger partial charge in [0.1, 0.15) is 5.75 Å². The van der Waals surface area contributed by atoms with Crippen LogP contribution in [0.2, 0.25) is 5.02 Å². The fourth-order valence-electron chi connectivity index (χ4n) is 2.27. The highest BCUT2D eigenvalue weighted by Gasteiger charge is 2.19. The molecule has 0 unspecified atom stereocenters. The number of anilines is 1. The number of ether oxygens (including phenoxy) is 2. The van der Waals surface area contributed by atoms with E-state index in [2.05, 4.69) is 9.71 Å². The van der Waals surface area contributed by atoms with Gasteiger partial charge in [-0.2, -0.15) is 0 Å². The minimum atomic E-state index is -3.99. The third-order valence-electron chi connectivity index (χ3n) is 3.61. The molecule has 0 fully saturated rings. The Kier molecular flexibility index (Phi) is 5.54. The van der Waals surface area contributed by atoms with Crippen molar-refractivity contribution in [1.82, 2.24) is 4.98 Å². The Morgan fingerprint density at radius 1 is 1.11 bits per heavy atom. The quantitative estimate of drug-likeness (QED) is 0.628. The molecule has 2 aromatic carbocycles. The molecule has 0 saturated carbocycles. The smallest absolute Gasteiger partial charge is 0.263 e. The second-order valence-electron chi connectivity index (χ2n) is 5.29. The van der Waals surface area contributed by atoms with Gasteiger partial charge >= 0.3 is 0 Å². The fourth-order valence-corrected chi connectivity index (χ4v) is 4.51. The van der Waals surface area contributed by atoms with E-state index in [-0.39, 0.29) is 15.8 Å². The van der Waals surface area contributed by atoms with E-state index >= 15 is 0 Å². The van der Waals surface area contributed by atoms with Crippen LogP contribution in [0, 0.1) is 5.82 Å². The third-order valence-corrected chi connectivity index (χ3v) is 6.13. The van der Waals surface area contributed by atoms with E-state index in [1.807, 2.05) is 0 Å². The summed E-state index contributed by atoms with van der Waals surface area (Å²) in [5.41, 5.74) is 1.25. The molecule has 10 heteroatoms. The molecule has 0 aliphatic rings. The largest absolute Gasteiger partial charge is 0.495 e. The SMILES string of the molecule is COc1ccc(S(=O)(=O)Nc2nc(-c3ccc(OC)c(Cl)c3)cs2)cc1F. The van der Waals surface area contributed by atoms with E-state index in [4.69, 9.17) is 21.1 Å². The first-order valence-electron chi connectivity index (χ1n) is 7.50. The van der Waals surface area contributed by atoms with Gasteiger partial charge in [-0.3, -0.25) is 4.72 Å². The van der Waals surface area contributed by atoms with Crippen molar-refractivity contribution >= 4 is 38.1 Å². The van der Waals surface area contributed by atoms with Gasteiger partial charge in [-0.05, 0) is 36.4 Å². The highest BCUT2D eigenvalue weighted by atomic mass is 35.5. The van der Waals surface area contributed by atoms with Gasteiger partial charge in [0.25, 0.3) is 10.0 Å². The molecule has 142 valence electrons. The van der Waals surface area contributed by atoms with E-state index in [0.717, 1.165) is 17.4 Å². The maximum Gasteiger partial charge on any atom is 0.263 e. The van der Waals surface area contributed by atoms with Crippen LogP contribution in [0.5, 0.6) is 11.5 Å². The van der Waals surface area contributed by atoms with Gasteiger partial charge in [0.2, 0.25) is 0 Å². The van der Waals surface area contributed by atoms with Gasteiger partial charge in [-0.1, -0.05) is 11.6 Å². The molecule has 6 nitrogen and oxygen atoms in total. The number of nitrogens with zero attached hydrogens (tertiary/aromatic N) is 1. The molecule has 0 atom stereocenters. The van der Waals surface area contributed by atoms with Crippen molar-refractivity contribution in [3.63, 3.8) is 0 Å². The number of methoxy groups -OCH3 is 2. The molecule has 3 rings (SSSR count). The highest BCUT2D eigenvalue weighted by Crippen LogP contribution is 2.32. The Morgan fingerprint density at radius 3 is 2.44 bits per heavy atom. The van der Waals surface area contributed by atoms with E-state index in [1.54, 1.807) is 23.6 Å². The molecule has 1 heterocycles. The maximum absolute atomic E-state index is 13.8. The third kappa shape index (κ3) is 4.15. The van der Waals surface area contributed by atoms with Crippen molar-refractivity contribution in [2.45, 2.75) is 4.90 Å². The van der Waals surface area contributed by atoms with Gasteiger partial charge in [0.05, 0.1) is 29.8 Å². The minimum Gasteiger partial charge on any atom is -0.495 e. The van der Waals surface area contributed by atoms with Crippen molar-refractivity contribution < 1.29 is 22.3 Å². The number of sulfonamides is 1. The van der Waals surface area contributed by atoms with Crippen LogP contribution in [0.3, 0.4) is 0 Å². The molecule has 0 bridgehead atoms. The van der Waals surface area contributed by atoms with Crippen LogP contribution in [0.4, 0.5) is 9.52 Å². The molecule has 0 aliphatic heterocycles. The van der Waals surface area contributed by atoms with Crippen LogP contribution in [0.15, 0.2) is 46.7 Å². The Labute approximate surface area is 164 Å². The summed E-state index contributed by atoms with van der Waals surface area (Å²) in [7, 11) is -1.18. The molecular weight excluding hydrogens is 415 g/mol. The fraction of sp³-hybridized carbons (Fsp3) is 0.118. The monoisotopic (exact) mass is 428 g/mol. The maximum atomic E-state index is 13.8. The number of benzene rings is 2. The molecule has 0 amide bonds. The summed E-state index contributed by atoms with van der Waals surface area (Å²) in [6, 6.07) is 8.52. The van der Waals surface area contributed by atoms with Crippen LogP contribution >= 0.6 is 22.9 Å². The van der Waals surface area contributed by atoms with Gasteiger partial charge in [-0.15, -0.1) is 11.3 Å². The van der Waals surface area contributed by atoms with Gasteiger partial charge in [0, 0.05) is 10.9 Å². The molecule has 1 N–H and O–H groups in total. The zero-order valence-corrected chi connectivity index (χ0v) is 16.6. The summed E-state index contributed by atoms with van der Waals surface area (Å²) in [6.07, 6.45) is 0. The van der Waals surface area contributed by atoms with E-state index in [9.17, 15) is 12.8 Å². The van der Waals surface area contributed by atoms with Crippen molar-refractivity contribution in [1.29, 1.82) is 0 Å². The van der Waals surface area contributed by atoms with Crippen LogP contribution in [-0.2, 0) is 10.0 Å². The number of rotatable bonds is 6. The molecule has 0 aliphatic carbocycles. The lowest BCUT2D eigenvalue weighted by atomic mass is 10.2. The normalized spacial score (nSPS) is 11.3. The van der Waals surface area contributed by atoms with Gasteiger partial charge in [-0.25, -0.2) is 17.8 Å². The molecule has 0 radical (unpaired) electrons.